The van der Waals surface area contributed by atoms with Crippen LogP contribution in [0.25, 0.3) is 0 Å². The molecule has 8 heteroatoms. The lowest BCUT2D eigenvalue weighted by Gasteiger charge is -2.51. The lowest BCUT2D eigenvalue weighted by Crippen LogP contribution is -2.64. The van der Waals surface area contributed by atoms with E-state index in [1.165, 1.54) is 18.2 Å². The molecule has 0 saturated carbocycles. The second-order valence-corrected chi connectivity index (χ2v) is 8.26. The van der Waals surface area contributed by atoms with Crippen LogP contribution in [0.2, 0.25) is 0 Å². The first-order valence-electron chi connectivity index (χ1n) is 10.2. The van der Waals surface area contributed by atoms with Crippen LogP contribution < -0.4 is 0 Å². The zero-order chi connectivity index (χ0) is 22.1. The fourth-order valence-corrected chi connectivity index (χ4v) is 4.62. The normalized spacial score (nSPS) is 25.9. The number of piperidine rings is 1. The number of morpholine rings is 1. The van der Waals surface area contributed by atoms with Gasteiger partial charge in [-0.3, -0.25) is 4.90 Å². The van der Waals surface area contributed by atoms with E-state index in [2.05, 4.69) is 0 Å². The van der Waals surface area contributed by atoms with E-state index in [9.17, 15) is 23.1 Å². The fourth-order valence-electron chi connectivity index (χ4n) is 4.62. The van der Waals surface area contributed by atoms with Gasteiger partial charge in [0.2, 0.25) is 0 Å². The van der Waals surface area contributed by atoms with Crippen LogP contribution in [-0.4, -0.2) is 47.0 Å². The van der Waals surface area contributed by atoms with Gasteiger partial charge >= 0.3 is 12.3 Å². The highest BCUT2D eigenvalue weighted by Gasteiger charge is 2.49. The van der Waals surface area contributed by atoms with Crippen molar-refractivity contribution in [1.29, 1.82) is 0 Å². The molecule has 2 atom stereocenters. The number of hydrogen-bond acceptors (Lipinski definition) is 4. The average molecular weight is 435 g/mol. The van der Waals surface area contributed by atoms with Crippen molar-refractivity contribution in [1.82, 2.24) is 4.90 Å². The summed E-state index contributed by atoms with van der Waals surface area (Å²) < 4.78 is 51.2. The number of nitrogens with zero attached hydrogens (tertiary/aromatic N) is 1. The Hall–Kier alpha value is -2.58. The van der Waals surface area contributed by atoms with Gasteiger partial charge in [0.15, 0.2) is 0 Å². The van der Waals surface area contributed by atoms with Crippen molar-refractivity contribution in [3.05, 3.63) is 71.3 Å². The standard InChI is InChI=1S/C23H24F3NO4/c24-23(25,26)20-9-5-4-8-17(20)10-22(29)11-18-14-30-15-19(12-22)27(18)21(28)31-13-16-6-2-1-3-7-16/h1-9,18-19,29H,10-15H2. The van der Waals surface area contributed by atoms with E-state index >= 15 is 0 Å². The minimum atomic E-state index is -4.49. The molecule has 2 fully saturated rings. The zero-order valence-corrected chi connectivity index (χ0v) is 16.8. The Morgan fingerprint density at radius 1 is 1.06 bits per heavy atom. The number of ether oxygens (including phenoxy) is 2. The molecule has 2 aromatic rings. The van der Waals surface area contributed by atoms with Crippen LogP contribution in [0, 0.1) is 0 Å². The number of carbonyl (C=O) groups is 1. The molecular formula is C23H24F3NO4. The highest BCUT2D eigenvalue weighted by molar-refractivity contribution is 5.69. The van der Waals surface area contributed by atoms with Crippen LogP contribution in [0.3, 0.4) is 0 Å². The van der Waals surface area contributed by atoms with Crippen LogP contribution in [-0.2, 0) is 28.7 Å². The van der Waals surface area contributed by atoms with Gasteiger partial charge in [-0.05, 0) is 30.0 Å². The number of amides is 1. The third kappa shape index (κ3) is 4.85. The number of rotatable bonds is 4. The van der Waals surface area contributed by atoms with Gasteiger partial charge in [0.25, 0.3) is 0 Å². The third-order valence-electron chi connectivity index (χ3n) is 5.90. The second kappa shape index (κ2) is 8.51. The number of benzene rings is 2. The van der Waals surface area contributed by atoms with Gasteiger partial charge in [-0.15, -0.1) is 0 Å². The van der Waals surface area contributed by atoms with E-state index in [4.69, 9.17) is 9.47 Å². The molecule has 2 heterocycles. The van der Waals surface area contributed by atoms with Crippen molar-refractivity contribution in [2.24, 2.45) is 0 Å². The zero-order valence-electron chi connectivity index (χ0n) is 16.8. The summed E-state index contributed by atoms with van der Waals surface area (Å²) in [5, 5.41) is 11.2. The average Bonchev–Trinajstić information content (AvgIpc) is 2.71. The summed E-state index contributed by atoms with van der Waals surface area (Å²) in [4.78, 5) is 14.3. The smallest absolute Gasteiger partial charge is 0.416 e. The first kappa shape index (κ1) is 21.6. The van der Waals surface area contributed by atoms with Gasteiger partial charge in [0.05, 0.1) is 36.5 Å². The van der Waals surface area contributed by atoms with Crippen LogP contribution >= 0.6 is 0 Å². The summed E-state index contributed by atoms with van der Waals surface area (Å²) in [5.41, 5.74) is -1.20. The van der Waals surface area contributed by atoms with Gasteiger partial charge in [-0.25, -0.2) is 4.79 Å². The van der Waals surface area contributed by atoms with Crippen molar-refractivity contribution >= 4 is 6.09 Å². The minimum Gasteiger partial charge on any atom is -0.445 e. The fraction of sp³-hybridized carbons (Fsp3) is 0.435. The molecule has 0 aromatic heterocycles. The Morgan fingerprint density at radius 2 is 1.68 bits per heavy atom. The monoisotopic (exact) mass is 435 g/mol. The number of aliphatic hydroxyl groups is 1. The molecular weight excluding hydrogens is 411 g/mol. The number of carbonyl (C=O) groups excluding carboxylic acids is 1. The lowest BCUT2D eigenvalue weighted by molar-refractivity contribution is -0.141. The number of hydrogen-bond donors (Lipinski definition) is 1. The molecule has 1 amide bonds. The summed E-state index contributed by atoms with van der Waals surface area (Å²) in [6.45, 7) is 0.542. The number of halogens is 3. The van der Waals surface area contributed by atoms with E-state index in [1.807, 2.05) is 30.3 Å². The van der Waals surface area contributed by atoms with Crippen LogP contribution in [0.15, 0.2) is 54.6 Å². The Bertz CT molecular complexity index is 905. The van der Waals surface area contributed by atoms with E-state index in [0.29, 0.717) is 0 Å². The van der Waals surface area contributed by atoms with Crippen molar-refractivity contribution in [2.75, 3.05) is 13.2 Å². The highest BCUT2D eigenvalue weighted by Crippen LogP contribution is 2.40. The Labute approximate surface area is 178 Å². The first-order chi connectivity index (χ1) is 14.8. The van der Waals surface area contributed by atoms with Crippen molar-refractivity contribution in [3.8, 4) is 0 Å². The quantitative estimate of drug-likeness (QED) is 0.783. The number of fused-ring (bicyclic) bond motifs is 2. The summed E-state index contributed by atoms with van der Waals surface area (Å²) in [6.07, 6.45) is -4.89. The van der Waals surface area contributed by atoms with E-state index in [1.54, 1.807) is 4.90 Å². The molecule has 2 bridgehead atoms. The van der Waals surface area contributed by atoms with Crippen molar-refractivity contribution in [3.63, 3.8) is 0 Å². The van der Waals surface area contributed by atoms with Crippen LogP contribution in [0.4, 0.5) is 18.0 Å². The SMILES string of the molecule is O=C(OCc1ccccc1)N1C2COCC1CC(O)(Cc1ccccc1C(F)(F)F)C2. The predicted molar refractivity (Wildman–Crippen MR) is 106 cm³/mol. The predicted octanol–water partition coefficient (Wildman–Crippen LogP) is 4.18. The van der Waals surface area contributed by atoms with Gasteiger partial charge in [-0.2, -0.15) is 13.2 Å². The molecule has 5 nitrogen and oxygen atoms in total. The number of alkyl halides is 3. The van der Waals surface area contributed by atoms with Gasteiger partial charge in [-0.1, -0.05) is 48.5 Å². The molecule has 31 heavy (non-hydrogen) atoms. The van der Waals surface area contributed by atoms with Gasteiger partial charge in [0, 0.05) is 6.42 Å². The second-order valence-electron chi connectivity index (χ2n) is 8.26. The molecule has 1 N–H and O–H groups in total. The van der Waals surface area contributed by atoms with Gasteiger partial charge in [0.1, 0.15) is 6.61 Å². The molecule has 166 valence electrons. The van der Waals surface area contributed by atoms with Crippen LogP contribution in [0.1, 0.15) is 29.5 Å². The molecule has 2 aromatic carbocycles. The molecule has 2 aliphatic rings. The topological polar surface area (TPSA) is 59.0 Å². The van der Waals surface area contributed by atoms with Crippen molar-refractivity contribution in [2.45, 2.75) is 49.7 Å². The molecule has 0 aliphatic carbocycles. The summed E-state index contributed by atoms with van der Waals surface area (Å²) in [5.74, 6) is 0. The maximum absolute atomic E-state index is 13.4. The Morgan fingerprint density at radius 3 is 2.32 bits per heavy atom. The maximum Gasteiger partial charge on any atom is 0.416 e. The third-order valence-corrected chi connectivity index (χ3v) is 5.90. The molecule has 2 unspecified atom stereocenters. The molecule has 0 radical (unpaired) electrons. The lowest BCUT2D eigenvalue weighted by atomic mass is 9.77. The largest absolute Gasteiger partial charge is 0.445 e. The van der Waals surface area contributed by atoms with Crippen molar-refractivity contribution < 1.29 is 32.5 Å². The van der Waals surface area contributed by atoms with Crippen LogP contribution in [0.5, 0.6) is 0 Å². The highest BCUT2D eigenvalue weighted by atomic mass is 19.4. The summed E-state index contributed by atoms with van der Waals surface area (Å²) in [6, 6.07) is 13.7. The van der Waals surface area contributed by atoms with E-state index in [0.717, 1.165) is 11.6 Å². The molecule has 0 spiro atoms. The van der Waals surface area contributed by atoms with E-state index in [-0.39, 0.29) is 44.6 Å². The van der Waals surface area contributed by atoms with Gasteiger partial charge < -0.3 is 14.6 Å². The molecule has 4 rings (SSSR count). The summed E-state index contributed by atoms with van der Waals surface area (Å²) >= 11 is 0. The Kier molecular flexibility index (Phi) is 5.94. The Balaban J connectivity index is 1.47. The minimum absolute atomic E-state index is 0.0524. The first-order valence-corrected chi connectivity index (χ1v) is 10.2. The van der Waals surface area contributed by atoms with E-state index < -0.39 is 35.5 Å². The maximum atomic E-state index is 13.4. The summed E-state index contributed by atoms with van der Waals surface area (Å²) in [7, 11) is 0. The molecule has 2 saturated heterocycles. The molecule has 2 aliphatic heterocycles.